The summed E-state index contributed by atoms with van der Waals surface area (Å²) in [6.07, 6.45) is 3.49. The minimum Gasteiger partial charge on any atom is -0.398 e. The summed E-state index contributed by atoms with van der Waals surface area (Å²) in [4.78, 5) is 2.47. The lowest BCUT2D eigenvalue weighted by Crippen LogP contribution is -2.29. The van der Waals surface area contributed by atoms with Gasteiger partial charge in [0.15, 0.2) is 0 Å². The lowest BCUT2D eigenvalue weighted by molar-refractivity contribution is 0.283. The molecule has 2 aromatic rings. The molecule has 0 unspecified atom stereocenters. The Kier molecular flexibility index (Phi) is 3.26. The van der Waals surface area contributed by atoms with Crippen molar-refractivity contribution in [3.8, 4) is 0 Å². The highest BCUT2D eigenvalue weighted by Gasteiger charge is 2.12. The number of benzene rings is 2. The molecule has 2 nitrogen and oxygen atoms in total. The van der Waals surface area contributed by atoms with Crippen molar-refractivity contribution in [3.05, 3.63) is 53.6 Å². The Morgan fingerprint density at radius 1 is 1.16 bits per heavy atom. The first-order valence-electron chi connectivity index (χ1n) is 6.87. The third-order valence-electron chi connectivity index (χ3n) is 3.81. The highest BCUT2D eigenvalue weighted by molar-refractivity contribution is 5.86. The van der Waals surface area contributed by atoms with Crippen molar-refractivity contribution in [1.29, 1.82) is 0 Å². The molecule has 0 amide bonds. The Morgan fingerprint density at radius 3 is 2.63 bits per heavy atom. The molecule has 1 heterocycles. The van der Waals surface area contributed by atoms with Gasteiger partial charge >= 0.3 is 0 Å². The van der Waals surface area contributed by atoms with Gasteiger partial charge in [-0.05, 0) is 41.8 Å². The monoisotopic (exact) mass is 252 g/mol. The number of nitrogen functional groups attached to an aromatic ring is 1. The molecular weight excluding hydrogens is 232 g/mol. The Bertz CT molecular complexity index is 628. The highest BCUT2D eigenvalue weighted by atomic mass is 15.1. The predicted octanol–water partition coefficient (Wildman–Crippen LogP) is 3.57. The summed E-state index contributed by atoms with van der Waals surface area (Å²) in [5.41, 5.74) is 9.81. The number of hydrogen-bond donors (Lipinski definition) is 1. The van der Waals surface area contributed by atoms with Crippen LogP contribution in [0.15, 0.2) is 48.0 Å². The van der Waals surface area contributed by atoms with E-state index in [1.807, 2.05) is 0 Å². The molecule has 0 atom stereocenters. The maximum Gasteiger partial charge on any atom is 0.0366 e. The first kappa shape index (κ1) is 12.2. The largest absolute Gasteiger partial charge is 0.398 e. The normalized spacial score (nSPS) is 16.6. The molecule has 19 heavy (non-hydrogen) atoms. The van der Waals surface area contributed by atoms with Crippen LogP contribution in [-0.2, 0) is 6.54 Å². The van der Waals surface area contributed by atoms with Crippen LogP contribution < -0.4 is 5.73 Å². The quantitative estimate of drug-likeness (QED) is 0.654. The first-order valence-corrected chi connectivity index (χ1v) is 6.87. The van der Waals surface area contributed by atoms with Gasteiger partial charge in [-0.15, -0.1) is 0 Å². The van der Waals surface area contributed by atoms with Crippen molar-refractivity contribution >= 4 is 16.5 Å². The fourth-order valence-electron chi connectivity index (χ4n) is 2.81. The molecule has 0 bridgehead atoms. The van der Waals surface area contributed by atoms with Crippen LogP contribution >= 0.6 is 0 Å². The van der Waals surface area contributed by atoms with Crippen molar-refractivity contribution in [2.75, 3.05) is 18.8 Å². The molecular formula is C17H20N2. The highest BCUT2D eigenvalue weighted by Crippen LogP contribution is 2.24. The predicted molar refractivity (Wildman–Crippen MR) is 82.0 cm³/mol. The van der Waals surface area contributed by atoms with Crippen LogP contribution in [0.4, 0.5) is 5.69 Å². The zero-order valence-electron chi connectivity index (χ0n) is 11.4. The fraction of sp³-hybridized carbons (Fsp3) is 0.294. The van der Waals surface area contributed by atoms with Crippen LogP contribution in [0.1, 0.15) is 18.9 Å². The van der Waals surface area contributed by atoms with Gasteiger partial charge in [0, 0.05) is 25.3 Å². The number of anilines is 1. The summed E-state index contributed by atoms with van der Waals surface area (Å²) in [6, 6.07) is 12.7. The molecule has 0 saturated heterocycles. The maximum absolute atomic E-state index is 6.20. The second kappa shape index (κ2) is 5.06. The molecule has 0 aliphatic carbocycles. The van der Waals surface area contributed by atoms with Gasteiger partial charge < -0.3 is 5.73 Å². The molecule has 0 aromatic heterocycles. The topological polar surface area (TPSA) is 29.3 Å². The zero-order valence-corrected chi connectivity index (χ0v) is 11.4. The number of nitrogens with zero attached hydrogens (tertiary/aromatic N) is 1. The van der Waals surface area contributed by atoms with Crippen LogP contribution in [0.2, 0.25) is 0 Å². The van der Waals surface area contributed by atoms with Crippen molar-refractivity contribution in [2.24, 2.45) is 0 Å². The van der Waals surface area contributed by atoms with E-state index in [4.69, 9.17) is 5.73 Å². The van der Waals surface area contributed by atoms with Gasteiger partial charge in [0.1, 0.15) is 0 Å². The molecule has 2 heteroatoms. The smallest absolute Gasteiger partial charge is 0.0366 e. The third-order valence-corrected chi connectivity index (χ3v) is 3.81. The lowest BCUT2D eigenvalue weighted by atomic mass is 10.0. The average molecular weight is 252 g/mol. The Labute approximate surface area is 114 Å². The van der Waals surface area contributed by atoms with Gasteiger partial charge in [0.2, 0.25) is 0 Å². The van der Waals surface area contributed by atoms with Crippen LogP contribution in [0.3, 0.4) is 0 Å². The summed E-state index contributed by atoms with van der Waals surface area (Å²) in [7, 11) is 0. The third kappa shape index (κ3) is 2.64. The summed E-state index contributed by atoms with van der Waals surface area (Å²) in [5.74, 6) is 0. The van der Waals surface area contributed by atoms with E-state index in [-0.39, 0.29) is 0 Å². The molecule has 0 spiro atoms. The standard InChI is InChI=1S/C17H20N2/c1-13-5-4-8-19(11-13)12-16-9-14-6-2-3-7-15(14)10-17(16)18/h2-3,5-7,9-10H,4,8,11-12,18H2,1H3. The number of nitrogens with two attached hydrogens (primary N) is 1. The minimum absolute atomic E-state index is 0.908. The van der Waals surface area contributed by atoms with Crippen LogP contribution in [0.5, 0.6) is 0 Å². The van der Waals surface area contributed by atoms with E-state index in [0.29, 0.717) is 0 Å². The van der Waals surface area contributed by atoms with Gasteiger partial charge in [-0.3, -0.25) is 4.90 Å². The lowest BCUT2D eigenvalue weighted by Gasteiger charge is -2.26. The van der Waals surface area contributed by atoms with Crippen molar-refractivity contribution in [2.45, 2.75) is 19.9 Å². The molecule has 1 aliphatic heterocycles. The van der Waals surface area contributed by atoms with Crippen molar-refractivity contribution in [1.82, 2.24) is 4.90 Å². The molecule has 0 saturated carbocycles. The summed E-state index contributed by atoms with van der Waals surface area (Å²) >= 11 is 0. The van der Waals surface area contributed by atoms with Crippen molar-refractivity contribution < 1.29 is 0 Å². The molecule has 0 radical (unpaired) electrons. The summed E-state index contributed by atoms with van der Waals surface area (Å²) in [6.45, 7) is 5.34. The molecule has 98 valence electrons. The van der Waals surface area contributed by atoms with E-state index in [1.54, 1.807) is 0 Å². The Morgan fingerprint density at radius 2 is 1.89 bits per heavy atom. The van der Waals surface area contributed by atoms with E-state index in [9.17, 15) is 0 Å². The summed E-state index contributed by atoms with van der Waals surface area (Å²) in [5, 5.41) is 2.49. The van der Waals surface area contributed by atoms with Crippen LogP contribution in [0, 0.1) is 0 Å². The average Bonchev–Trinajstić information content (AvgIpc) is 2.40. The second-order valence-electron chi connectivity index (χ2n) is 5.45. The molecule has 2 N–H and O–H groups in total. The molecule has 2 aromatic carbocycles. The Hall–Kier alpha value is -1.80. The fourth-order valence-corrected chi connectivity index (χ4v) is 2.81. The first-order chi connectivity index (χ1) is 9.22. The van der Waals surface area contributed by atoms with Gasteiger partial charge in [0.05, 0.1) is 0 Å². The molecule has 1 aliphatic rings. The van der Waals surface area contributed by atoms with Gasteiger partial charge in [-0.25, -0.2) is 0 Å². The zero-order chi connectivity index (χ0) is 13.2. The van der Waals surface area contributed by atoms with E-state index in [1.165, 1.54) is 21.9 Å². The maximum atomic E-state index is 6.20. The summed E-state index contributed by atoms with van der Waals surface area (Å²) < 4.78 is 0. The number of hydrogen-bond acceptors (Lipinski definition) is 2. The van der Waals surface area contributed by atoms with E-state index in [0.717, 1.165) is 31.7 Å². The van der Waals surface area contributed by atoms with E-state index >= 15 is 0 Å². The number of fused-ring (bicyclic) bond motifs is 1. The van der Waals surface area contributed by atoms with E-state index < -0.39 is 0 Å². The van der Waals surface area contributed by atoms with Gasteiger partial charge in [-0.2, -0.15) is 0 Å². The SMILES string of the molecule is CC1=CCCN(Cc2cc3ccccc3cc2N)C1. The van der Waals surface area contributed by atoms with Crippen LogP contribution in [-0.4, -0.2) is 18.0 Å². The molecule has 0 fully saturated rings. The van der Waals surface area contributed by atoms with Crippen molar-refractivity contribution in [3.63, 3.8) is 0 Å². The molecule has 3 rings (SSSR count). The minimum atomic E-state index is 0.908. The van der Waals surface area contributed by atoms with Gasteiger partial charge in [0.25, 0.3) is 0 Å². The van der Waals surface area contributed by atoms with Gasteiger partial charge in [-0.1, -0.05) is 35.9 Å². The van der Waals surface area contributed by atoms with Crippen LogP contribution in [0.25, 0.3) is 10.8 Å². The van der Waals surface area contributed by atoms with E-state index in [2.05, 4.69) is 54.3 Å². The second-order valence-corrected chi connectivity index (χ2v) is 5.45. The Balaban J connectivity index is 1.88. The number of rotatable bonds is 2.